The fourth-order valence-electron chi connectivity index (χ4n) is 4.35. The summed E-state index contributed by atoms with van der Waals surface area (Å²) in [5, 5.41) is 17.7. The molecule has 1 saturated carbocycles. The molecule has 0 unspecified atom stereocenters. The zero-order valence-corrected chi connectivity index (χ0v) is 14.7. The lowest BCUT2D eigenvalue weighted by Gasteiger charge is -2.35. The number of nitrogens with one attached hydrogen (secondary N) is 1. The highest BCUT2D eigenvalue weighted by Crippen LogP contribution is 2.40. The van der Waals surface area contributed by atoms with Crippen molar-refractivity contribution < 1.29 is 9.90 Å². The molecule has 2 aromatic rings. The second kappa shape index (κ2) is 7.55. The first-order valence-corrected chi connectivity index (χ1v) is 9.25. The molecule has 2 fully saturated rings. The van der Waals surface area contributed by atoms with Crippen molar-refractivity contribution in [2.45, 2.75) is 31.5 Å². The van der Waals surface area contributed by atoms with E-state index in [-0.39, 0.29) is 18.1 Å². The highest BCUT2D eigenvalue weighted by Gasteiger charge is 2.42. The number of aliphatic hydroxyl groups excluding tert-OH is 1. The number of hydrogen-bond acceptors (Lipinski definition) is 5. The second-order valence-electron chi connectivity index (χ2n) is 7.40. The van der Waals surface area contributed by atoms with Gasteiger partial charge in [-0.05, 0) is 42.9 Å². The molecule has 3 heterocycles. The van der Waals surface area contributed by atoms with Gasteiger partial charge >= 0.3 is 0 Å². The first-order valence-electron chi connectivity index (χ1n) is 9.25. The summed E-state index contributed by atoms with van der Waals surface area (Å²) in [5.41, 5.74) is 0.862. The summed E-state index contributed by atoms with van der Waals surface area (Å²) in [5.74, 6) is 0.995. The topological polar surface area (TPSA) is 83.3 Å². The molecule has 2 N–H and O–H groups in total. The lowest BCUT2D eigenvalue weighted by atomic mass is 9.77. The van der Waals surface area contributed by atoms with Crippen LogP contribution in [0, 0.1) is 11.8 Å². The number of rotatable bonds is 5. The minimum atomic E-state index is -0.367. The first kappa shape index (κ1) is 17.2. The molecule has 1 amide bonds. The number of pyridine rings is 1. The van der Waals surface area contributed by atoms with Gasteiger partial charge in [0.2, 0.25) is 5.91 Å². The van der Waals surface area contributed by atoms with Crippen LogP contribution in [0.5, 0.6) is 0 Å². The molecule has 0 spiro atoms. The van der Waals surface area contributed by atoms with Crippen LogP contribution in [-0.2, 0) is 11.3 Å². The van der Waals surface area contributed by atoms with Crippen LogP contribution in [0.3, 0.4) is 0 Å². The molecule has 4 rings (SSSR count). The summed E-state index contributed by atoms with van der Waals surface area (Å²) in [6, 6.07) is 7.63. The number of aliphatic hydroxyl groups is 1. The molecular weight excluding hydrogens is 330 g/mol. The Kier molecular flexibility index (Phi) is 4.99. The minimum Gasteiger partial charge on any atom is -0.391 e. The van der Waals surface area contributed by atoms with Crippen LogP contribution < -0.4 is 5.32 Å². The Balaban J connectivity index is 1.29. The number of aromatic nitrogens is 3. The van der Waals surface area contributed by atoms with Crippen molar-refractivity contribution in [3.63, 3.8) is 0 Å². The average Bonchev–Trinajstić information content (AvgIpc) is 3.29. The summed E-state index contributed by atoms with van der Waals surface area (Å²) in [4.78, 5) is 18.7. The van der Waals surface area contributed by atoms with Gasteiger partial charge in [-0.25, -0.2) is 0 Å². The zero-order chi connectivity index (χ0) is 17.9. The van der Waals surface area contributed by atoms with E-state index in [4.69, 9.17) is 0 Å². The van der Waals surface area contributed by atoms with E-state index in [0.717, 1.165) is 31.6 Å². The molecule has 0 radical (unpaired) electrons. The smallest absolute Gasteiger partial charge is 0.234 e. The normalized spacial score (nSPS) is 28.7. The molecular formula is C19H25N5O2. The molecule has 26 heavy (non-hydrogen) atoms. The Morgan fingerprint density at radius 1 is 1.19 bits per heavy atom. The van der Waals surface area contributed by atoms with E-state index in [1.807, 2.05) is 35.1 Å². The van der Waals surface area contributed by atoms with Gasteiger partial charge in [-0.15, -0.1) is 0 Å². The number of hydrogen-bond donors (Lipinski definition) is 2. The van der Waals surface area contributed by atoms with Gasteiger partial charge in [-0.2, -0.15) is 5.10 Å². The van der Waals surface area contributed by atoms with E-state index in [9.17, 15) is 9.90 Å². The fraction of sp³-hybridized carbons (Fsp3) is 0.526. The van der Waals surface area contributed by atoms with Gasteiger partial charge in [0.25, 0.3) is 0 Å². The van der Waals surface area contributed by atoms with E-state index < -0.39 is 0 Å². The van der Waals surface area contributed by atoms with Crippen molar-refractivity contribution in [2.75, 3.05) is 19.6 Å². The lowest BCUT2D eigenvalue weighted by Crippen LogP contribution is -2.36. The summed E-state index contributed by atoms with van der Waals surface area (Å²) >= 11 is 0. The number of nitrogens with zero attached hydrogens (tertiary/aromatic N) is 4. The molecule has 7 heteroatoms. The highest BCUT2D eigenvalue weighted by molar-refractivity contribution is 5.78. The SMILES string of the molecule is O=C(CN1C[C@H]2C[C@@H](n3cccn3)[C@H](O)C[C@H]2C1)NCc1ccccn1. The Bertz CT molecular complexity index is 721. The van der Waals surface area contributed by atoms with Crippen LogP contribution in [0.4, 0.5) is 0 Å². The standard InChI is InChI=1S/C19H25N5O2/c25-18-9-15-12-23(11-14(15)8-17(18)24-7-3-6-22-24)13-19(26)21-10-16-4-1-2-5-20-16/h1-7,14-15,17-18,25H,8-13H2,(H,21,26)/t14-,15+,17-,18-/m1/s1. The molecule has 2 aliphatic rings. The number of fused-ring (bicyclic) bond motifs is 1. The molecule has 2 aromatic heterocycles. The predicted octanol–water partition coefficient (Wildman–Crippen LogP) is 0.838. The van der Waals surface area contributed by atoms with Gasteiger partial charge < -0.3 is 10.4 Å². The maximum Gasteiger partial charge on any atom is 0.234 e. The summed E-state index contributed by atoms with van der Waals surface area (Å²) < 4.78 is 1.88. The lowest BCUT2D eigenvalue weighted by molar-refractivity contribution is -0.122. The third-order valence-corrected chi connectivity index (χ3v) is 5.61. The summed E-state index contributed by atoms with van der Waals surface area (Å²) in [7, 11) is 0. The van der Waals surface area contributed by atoms with E-state index >= 15 is 0 Å². The van der Waals surface area contributed by atoms with Crippen LogP contribution in [-0.4, -0.2) is 56.4 Å². The third kappa shape index (κ3) is 3.78. The Labute approximate surface area is 153 Å². The van der Waals surface area contributed by atoms with Crippen molar-refractivity contribution in [3.8, 4) is 0 Å². The Morgan fingerprint density at radius 3 is 2.77 bits per heavy atom. The number of carbonyl (C=O) groups excluding carboxylic acids is 1. The molecule has 1 aliphatic heterocycles. The zero-order valence-electron chi connectivity index (χ0n) is 14.7. The monoisotopic (exact) mass is 355 g/mol. The van der Waals surface area contributed by atoms with E-state index in [2.05, 4.69) is 20.3 Å². The average molecular weight is 355 g/mol. The van der Waals surface area contributed by atoms with Crippen molar-refractivity contribution in [1.29, 1.82) is 0 Å². The minimum absolute atomic E-state index is 0.0264. The summed E-state index contributed by atoms with van der Waals surface area (Å²) in [6.45, 7) is 2.65. The molecule has 1 saturated heterocycles. The predicted molar refractivity (Wildman–Crippen MR) is 96.0 cm³/mol. The van der Waals surface area contributed by atoms with Gasteiger partial charge in [0.1, 0.15) is 0 Å². The number of amides is 1. The van der Waals surface area contributed by atoms with Gasteiger partial charge in [0.15, 0.2) is 0 Å². The molecule has 1 aliphatic carbocycles. The Morgan fingerprint density at radius 2 is 2.04 bits per heavy atom. The van der Waals surface area contributed by atoms with Gasteiger partial charge in [-0.3, -0.25) is 19.4 Å². The van der Waals surface area contributed by atoms with Crippen molar-refractivity contribution in [1.82, 2.24) is 25.0 Å². The van der Waals surface area contributed by atoms with Crippen molar-refractivity contribution in [3.05, 3.63) is 48.5 Å². The van der Waals surface area contributed by atoms with Crippen LogP contribution in [0.25, 0.3) is 0 Å². The maximum atomic E-state index is 12.2. The van der Waals surface area contributed by atoms with E-state index in [1.165, 1.54) is 0 Å². The van der Waals surface area contributed by atoms with Gasteiger partial charge in [0.05, 0.1) is 30.9 Å². The molecule has 0 bridgehead atoms. The number of carbonyl (C=O) groups is 1. The molecule has 0 aromatic carbocycles. The van der Waals surface area contributed by atoms with E-state index in [1.54, 1.807) is 12.4 Å². The molecule has 7 nitrogen and oxygen atoms in total. The first-order chi connectivity index (χ1) is 12.7. The molecule has 4 atom stereocenters. The van der Waals surface area contributed by atoms with Crippen molar-refractivity contribution >= 4 is 5.91 Å². The van der Waals surface area contributed by atoms with Crippen LogP contribution in [0.1, 0.15) is 24.6 Å². The maximum absolute atomic E-state index is 12.2. The third-order valence-electron chi connectivity index (χ3n) is 5.61. The fourth-order valence-corrected chi connectivity index (χ4v) is 4.35. The summed E-state index contributed by atoms with van der Waals surface area (Å²) in [6.07, 6.45) is 6.74. The quantitative estimate of drug-likeness (QED) is 0.830. The van der Waals surface area contributed by atoms with Crippen molar-refractivity contribution in [2.24, 2.45) is 11.8 Å². The van der Waals surface area contributed by atoms with Gasteiger partial charge in [-0.1, -0.05) is 6.07 Å². The number of likely N-dealkylation sites (tertiary alicyclic amines) is 1. The molecule has 138 valence electrons. The van der Waals surface area contributed by atoms with Crippen LogP contribution in [0.15, 0.2) is 42.9 Å². The van der Waals surface area contributed by atoms with Gasteiger partial charge in [0, 0.05) is 31.7 Å². The van der Waals surface area contributed by atoms with E-state index in [0.29, 0.717) is 24.9 Å². The second-order valence-corrected chi connectivity index (χ2v) is 7.40. The van der Waals surface area contributed by atoms with Crippen LogP contribution >= 0.6 is 0 Å². The van der Waals surface area contributed by atoms with Crippen LogP contribution in [0.2, 0.25) is 0 Å². The highest BCUT2D eigenvalue weighted by atomic mass is 16.3. The Hall–Kier alpha value is -2.25. The largest absolute Gasteiger partial charge is 0.391 e.